The second-order valence-electron chi connectivity index (χ2n) is 4.71. The Bertz CT molecular complexity index is 252. The van der Waals surface area contributed by atoms with Gasteiger partial charge in [-0.2, -0.15) is 0 Å². The fraction of sp³-hybridized carbons (Fsp3) is 0.909. The predicted octanol–water partition coefficient (Wildman–Crippen LogP) is -0.863. The van der Waals surface area contributed by atoms with Gasteiger partial charge in [-0.25, -0.2) is 0 Å². The minimum Gasteiger partial charge on any atom is -0.380 e. The molecule has 2 rings (SSSR count). The van der Waals surface area contributed by atoms with Gasteiger partial charge in [0, 0.05) is 46.4 Å². The van der Waals surface area contributed by atoms with Crippen LogP contribution in [0.2, 0.25) is 0 Å². The Labute approximate surface area is 96.7 Å². The molecule has 1 N–H and O–H groups in total. The highest BCUT2D eigenvalue weighted by atomic mass is 16.5. The molecule has 0 aromatic carbocycles. The second kappa shape index (κ2) is 5.12. The van der Waals surface area contributed by atoms with E-state index in [1.807, 2.05) is 14.1 Å². The van der Waals surface area contributed by atoms with E-state index in [0.29, 0.717) is 6.04 Å². The van der Waals surface area contributed by atoms with E-state index in [2.05, 4.69) is 10.2 Å². The average molecular weight is 227 g/mol. The van der Waals surface area contributed by atoms with Crippen molar-refractivity contribution in [1.29, 1.82) is 0 Å². The van der Waals surface area contributed by atoms with Gasteiger partial charge in [0.25, 0.3) is 0 Å². The third-order valence-corrected chi connectivity index (χ3v) is 3.39. The standard InChI is InChI=1S/C11H21N3O2/c1-13(2)11(15)10-7-12-4-5-14(10)9-3-6-16-8-9/h9-10,12H,3-8H2,1-2H3. The number of nitrogens with one attached hydrogen (secondary N) is 1. The number of amides is 1. The Morgan fingerprint density at radius 2 is 2.31 bits per heavy atom. The highest BCUT2D eigenvalue weighted by molar-refractivity contribution is 5.81. The fourth-order valence-corrected chi connectivity index (χ4v) is 2.47. The number of rotatable bonds is 2. The van der Waals surface area contributed by atoms with Crippen LogP contribution in [0.25, 0.3) is 0 Å². The summed E-state index contributed by atoms with van der Waals surface area (Å²) >= 11 is 0. The van der Waals surface area contributed by atoms with Gasteiger partial charge < -0.3 is 15.0 Å². The Kier molecular flexibility index (Phi) is 3.78. The number of hydrogen-bond acceptors (Lipinski definition) is 4. The molecule has 2 aliphatic heterocycles. The molecule has 0 radical (unpaired) electrons. The third-order valence-electron chi connectivity index (χ3n) is 3.39. The lowest BCUT2D eigenvalue weighted by molar-refractivity contribution is -0.136. The molecule has 1 amide bonds. The predicted molar refractivity (Wildman–Crippen MR) is 61.3 cm³/mol. The van der Waals surface area contributed by atoms with Crippen LogP contribution >= 0.6 is 0 Å². The van der Waals surface area contributed by atoms with Crippen molar-refractivity contribution in [2.75, 3.05) is 46.9 Å². The number of likely N-dealkylation sites (N-methyl/N-ethyl adjacent to an activating group) is 1. The molecule has 0 aliphatic carbocycles. The Morgan fingerprint density at radius 3 is 2.94 bits per heavy atom. The number of carbonyl (C=O) groups is 1. The topological polar surface area (TPSA) is 44.8 Å². The Morgan fingerprint density at radius 1 is 1.50 bits per heavy atom. The number of hydrogen-bond donors (Lipinski definition) is 1. The van der Waals surface area contributed by atoms with Crippen molar-refractivity contribution in [1.82, 2.24) is 15.1 Å². The minimum absolute atomic E-state index is 0.0181. The van der Waals surface area contributed by atoms with Crippen molar-refractivity contribution in [3.8, 4) is 0 Å². The third kappa shape index (κ3) is 2.36. The smallest absolute Gasteiger partial charge is 0.240 e. The van der Waals surface area contributed by atoms with E-state index < -0.39 is 0 Å². The maximum atomic E-state index is 12.1. The highest BCUT2D eigenvalue weighted by Gasteiger charge is 2.35. The molecule has 2 unspecified atom stereocenters. The maximum absolute atomic E-state index is 12.1. The van der Waals surface area contributed by atoms with Crippen LogP contribution in [0.3, 0.4) is 0 Å². The first kappa shape index (κ1) is 11.8. The minimum atomic E-state index is -0.0181. The molecular weight excluding hydrogens is 206 g/mol. The van der Waals surface area contributed by atoms with Gasteiger partial charge >= 0.3 is 0 Å². The molecule has 0 saturated carbocycles. The van der Waals surface area contributed by atoms with Crippen LogP contribution in [0.4, 0.5) is 0 Å². The van der Waals surface area contributed by atoms with E-state index in [9.17, 15) is 4.79 Å². The largest absolute Gasteiger partial charge is 0.380 e. The summed E-state index contributed by atoms with van der Waals surface area (Å²) < 4.78 is 5.41. The Balaban J connectivity index is 2.04. The van der Waals surface area contributed by atoms with E-state index in [1.54, 1.807) is 4.90 Å². The van der Waals surface area contributed by atoms with Crippen LogP contribution in [-0.2, 0) is 9.53 Å². The number of carbonyl (C=O) groups excluding carboxylic acids is 1. The molecule has 2 saturated heterocycles. The van der Waals surface area contributed by atoms with Gasteiger partial charge in [-0.15, -0.1) is 0 Å². The normalized spacial score (nSPS) is 31.6. The lowest BCUT2D eigenvalue weighted by atomic mass is 10.1. The molecule has 16 heavy (non-hydrogen) atoms. The zero-order valence-electron chi connectivity index (χ0n) is 10.1. The molecule has 2 aliphatic rings. The molecule has 0 bridgehead atoms. The monoisotopic (exact) mass is 227 g/mol. The maximum Gasteiger partial charge on any atom is 0.240 e. The van der Waals surface area contributed by atoms with Crippen LogP contribution in [0, 0.1) is 0 Å². The SMILES string of the molecule is CN(C)C(=O)C1CNCCN1C1CCOC1. The first-order valence-corrected chi connectivity index (χ1v) is 5.95. The van der Waals surface area contributed by atoms with Crippen molar-refractivity contribution in [3.05, 3.63) is 0 Å². The molecule has 2 atom stereocenters. The summed E-state index contributed by atoms with van der Waals surface area (Å²) in [4.78, 5) is 16.1. The first-order valence-electron chi connectivity index (χ1n) is 5.95. The number of nitrogens with zero attached hydrogens (tertiary/aromatic N) is 2. The molecule has 5 heteroatoms. The zero-order valence-corrected chi connectivity index (χ0v) is 10.1. The quantitative estimate of drug-likeness (QED) is 0.666. The van der Waals surface area contributed by atoms with Gasteiger partial charge in [0.1, 0.15) is 6.04 Å². The van der Waals surface area contributed by atoms with Crippen molar-refractivity contribution in [3.63, 3.8) is 0 Å². The van der Waals surface area contributed by atoms with Crippen LogP contribution in [0.15, 0.2) is 0 Å². The summed E-state index contributed by atoms with van der Waals surface area (Å²) in [5.74, 6) is 0.194. The average Bonchev–Trinajstić information content (AvgIpc) is 2.81. The molecule has 92 valence electrons. The molecule has 0 aromatic rings. The van der Waals surface area contributed by atoms with Gasteiger partial charge in [0.2, 0.25) is 5.91 Å². The number of piperazine rings is 1. The van der Waals surface area contributed by atoms with Crippen molar-refractivity contribution in [2.24, 2.45) is 0 Å². The summed E-state index contributed by atoms with van der Waals surface area (Å²) in [6.07, 6.45) is 1.05. The van der Waals surface area contributed by atoms with E-state index in [0.717, 1.165) is 39.3 Å². The number of ether oxygens (including phenoxy) is 1. The molecule has 0 aromatic heterocycles. The van der Waals surface area contributed by atoms with Crippen molar-refractivity contribution >= 4 is 5.91 Å². The molecule has 5 nitrogen and oxygen atoms in total. The van der Waals surface area contributed by atoms with Gasteiger partial charge in [0.05, 0.1) is 6.61 Å². The van der Waals surface area contributed by atoms with Crippen molar-refractivity contribution < 1.29 is 9.53 Å². The molecule has 2 heterocycles. The van der Waals surface area contributed by atoms with E-state index in [4.69, 9.17) is 4.74 Å². The highest BCUT2D eigenvalue weighted by Crippen LogP contribution is 2.17. The first-order chi connectivity index (χ1) is 7.70. The van der Waals surface area contributed by atoms with E-state index in [1.165, 1.54) is 0 Å². The Hall–Kier alpha value is -0.650. The molecule has 0 spiro atoms. The van der Waals surface area contributed by atoms with E-state index >= 15 is 0 Å². The van der Waals surface area contributed by atoms with Gasteiger partial charge in [-0.3, -0.25) is 9.69 Å². The summed E-state index contributed by atoms with van der Waals surface area (Å²) in [6.45, 7) is 4.27. The lowest BCUT2D eigenvalue weighted by Gasteiger charge is -2.39. The van der Waals surface area contributed by atoms with Gasteiger partial charge in [-0.1, -0.05) is 0 Å². The van der Waals surface area contributed by atoms with Gasteiger partial charge in [0.15, 0.2) is 0 Å². The van der Waals surface area contributed by atoms with Crippen LogP contribution in [-0.4, -0.2) is 74.7 Å². The summed E-state index contributed by atoms with van der Waals surface area (Å²) in [7, 11) is 3.64. The fourth-order valence-electron chi connectivity index (χ4n) is 2.47. The second-order valence-corrected chi connectivity index (χ2v) is 4.71. The zero-order chi connectivity index (χ0) is 11.5. The summed E-state index contributed by atoms with van der Waals surface area (Å²) in [5, 5.41) is 3.29. The van der Waals surface area contributed by atoms with Crippen molar-refractivity contribution in [2.45, 2.75) is 18.5 Å². The molecule has 2 fully saturated rings. The summed E-state index contributed by atoms with van der Waals surface area (Å²) in [5.41, 5.74) is 0. The van der Waals surface area contributed by atoms with Crippen LogP contribution in [0.5, 0.6) is 0 Å². The molecular formula is C11H21N3O2. The summed E-state index contributed by atoms with van der Waals surface area (Å²) in [6, 6.07) is 0.409. The van der Waals surface area contributed by atoms with Gasteiger partial charge in [-0.05, 0) is 6.42 Å². The van der Waals surface area contributed by atoms with E-state index in [-0.39, 0.29) is 11.9 Å². The van der Waals surface area contributed by atoms with Crippen LogP contribution in [0.1, 0.15) is 6.42 Å². The van der Waals surface area contributed by atoms with Crippen LogP contribution < -0.4 is 5.32 Å². The lowest BCUT2D eigenvalue weighted by Crippen LogP contribution is -2.60.